The molecule has 2 aromatic carbocycles. The first-order chi connectivity index (χ1) is 13.3. The van der Waals surface area contributed by atoms with Crippen molar-refractivity contribution < 1.29 is 4.79 Å². The minimum atomic E-state index is -0.0625. The van der Waals surface area contributed by atoms with E-state index in [1.54, 1.807) is 0 Å². The number of hydrogen-bond acceptors (Lipinski definition) is 3. The van der Waals surface area contributed by atoms with Gasteiger partial charge in [0.05, 0.1) is 17.3 Å². The SMILES string of the molecule is Cc1ccc([C@H]2C[C@H]3CCC(C2C(=O)Nc2cc(C)c(C)cc2N)N3C)cc1. The van der Waals surface area contributed by atoms with Crippen molar-refractivity contribution in [2.75, 3.05) is 18.1 Å². The molecule has 2 aliphatic heterocycles. The number of nitrogen functional groups attached to an aromatic ring is 1. The number of carbonyl (C=O) groups excluding carboxylic acids is 1. The number of nitrogens with two attached hydrogens (primary N) is 1. The summed E-state index contributed by atoms with van der Waals surface area (Å²) in [7, 11) is 2.18. The van der Waals surface area contributed by atoms with E-state index in [0.717, 1.165) is 29.7 Å². The van der Waals surface area contributed by atoms with Gasteiger partial charge >= 0.3 is 0 Å². The molecule has 2 aromatic rings. The van der Waals surface area contributed by atoms with Crippen molar-refractivity contribution in [2.24, 2.45) is 5.92 Å². The molecule has 2 unspecified atom stereocenters. The second-order valence-electron chi connectivity index (χ2n) is 8.76. The molecule has 28 heavy (non-hydrogen) atoms. The van der Waals surface area contributed by atoms with E-state index in [2.05, 4.69) is 55.4 Å². The fraction of sp³-hybridized carbons (Fsp3) is 0.458. The number of rotatable bonds is 3. The van der Waals surface area contributed by atoms with Crippen molar-refractivity contribution in [2.45, 2.75) is 58.0 Å². The van der Waals surface area contributed by atoms with Crippen LogP contribution in [-0.2, 0) is 4.79 Å². The highest BCUT2D eigenvalue weighted by molar-refractivity contribution is 5.96. The normalized spacial score (nSPS) is 27.0. The molecule has 2 fully saturated rings. The first-order valence-electron chi connectivity index (χ1n) is 10.3. The van der Waals surface area contributed by atoms with Gasteiger partial charge in [-0.15, -0.1) is 0 Å². The first-order valence-corrected chi connectivity index (χ1v) is 10.3. The Kier molecular flexibility index (Phi) is 4.92. The molecular formula is C24H31N3O. The molecule has 0 saturated carbocycles. The number of aryl methyl sites for hydroxylation is 3. The van der Waals surface area contributed by atoms with E-state index in [-0.39, 0.29) is 23.8 Å². The number of nitrogens with one attached hydrogen (secondary N) is 1. The van der Waals surface area contributed by atoms with Gasteiger partial charge in [0.2, 0.25) is 5.91 Å². The van der Waals surface area contributed by atoms with Crippen LogP contribution in [0.1, 0.15) is 47.4 Å². The largest absolute Gasteiger partial charge is 0.397 e. The van der Waals surface area contributed by atoms with Crippen LogP contribution in [0.4, 0.5) is 11.4 Å². The maximum atomic E-state index is 13.5. The summed E-state index contributed by atoms with van der Waals surface area (Å²) in [5.41, 5.74) is 12.4. The quantitative estimate of drug-likeness (QED) is 0.780. The third-order valence-electron chi connectivity index (χ3n) is 7.00. The zero-order valence-electron chi connectivity index (χ0n) is 17.3. The van der Waals surface area contributed by atoms with E-state index >= 15 is 0 Å². The monoisotopic (exact) mass is 377 g/mol. The average molecular weight is 378 g/mol. The lowest BCUT2D eigenvalue weighted by Crippen LogP contribution is -2.50. The predicted octanol–water partition coefficient (Wildman–Crippen LogP) is 4.40. The Morgan fingerprint density at radius 1 is 1.07 bits per heavy atom. The zero-order valence-corrected chi connectivity index (χ0v) is 17.3. The van der Waals surface area contributed by atoms with Crippen LogP contribution in [0.5, 0.6) is 0 Å². The lowest BCUT2D eigenvalue weighted by Gasteiger charge is -2.42. The fourth-order valence-corrected chi connectivity index (χ4v) is 5.14. The van der Waals surface area contributed by atoms with E-state index in [1.807, 2.05) is 19.1 Å². The Bertz CT molecular complexity index is 889. The molecule has 0 aliphatic carbocycles. The van der Waals surface area contributed by atoms with Gasteiger partial charge in [-0.3, -0.25) is 9.69 Å². The molecule has 2 bridgehead atoms. The molecule has 2 saturated heterocycles. The van der Waals surface area contributed by atoms with E-state index in [1.165, 1.54) is 17.5 Å². The molecule has 4 atom stereocenters. The van der Waals surface area contributed by atoms with Gasteiger partial charge in [-0.25, -0.2) is 0 Å². The molecular weight excluding hydrogens is 346 g/mol. The predicted molar refractivity (Wildman–Crippen MR) is 116 cm³/mol. The van der Waals surface area contributed by atoms with Crippen LogP contribution in [0.25, 0.3) is 0 Å². The third kappa shape index (κ3) is 3.30. The molecule has 0 radical (unpaired) electrons. The molecule has 4 rings (SSSR count). The Morgan fingerprint density at radius 3 is 2.46 bits per heavy atom. The maximum absolute atomic E-state index is 13.5. The van der Waals surface area contributed by atoms with Crippen molar-refractivity contribution >= 4 is 17.3 Å². The van der Waals surface area contributed by atoms with E-state index in [0.29, 0.717) is 11.7 Å². The van der Waals surface area contributed by atoms with Gasteiger partial charge in [-0.1, -0.05) is 29.8 Å². The van der Waals surface area contributed by atoms with Crippen molar-refractivity contribution in [3.05, 3.63) is 58.7 Å². The first kappa shape index (κ1) is 19.0. The van der Waals surface area contributed by atoms with Crippen LogP contribution in [0.15, 0.2) is 36.4 Å². The molecule has 3 N–H and O–H groups in total. The number of anilines is 2. The van der Waals surface area contributed by atoms with Crippen LogP contribution in [0, 0.1) is 26.7 Å². The summed E-state index contributed by atoms with van der Waals surface area (Å²) in [4.78, 5) is 15.9. The molecule has 148 valence electrons. The number of fused-ring (bicyclic) bond motifs is 2. The van der Waals surface area contributed by atoms with E-state index < -0.39 is 0 Å². The van der Waals surface area contributed by atoms with Crippen LogP contribution < -0.4 is 11.1 Å². The molecule has 2 aliphatic rings. The van der Waals surface area contributed by atoms with Crippen LogP contribution in [0.2, 0.25) is 0 Å². The minimum absolute atomic E-state index is 0.0625. The second kappa shape index (κ2) is 7.25. The van der Waals surface area contributed by atoms with Crippen LogP contribution in [-0.4, -0.2) is 29.9 Å². The van der Waals surface area contributed by atoms with Gasteiger partial charge in [0, 0.05) is 12.1 Å². The van der Waals surface area contributed by atoms with Crippen LogP contribution >= 0.6 is 0 Å². The lowest BCUT2D eigenvalue weighted by atomic mass is 9.75. The summed E-state index contributed by atoms with van der Waals surface area (Å²) in [5, 5.41) is 3.17. The average Bonchev–Trinajstić information content (AvgIpc) is 2.89. The maximum Gasteiger partial charge on any atom is 0.229 e. The smallest absolute Gasteiger partial charge is 0.229 e. The molecule has 0 aromatic heterocycles. The van der Waals surface area contributed by atoms with Crippen molar-refractivity contribution in [1.82, 2.24) is 4.90 Å². The second-order valence-corrected chi connectivity index (χ2v) is 8.76. The number of nitrogens with zero attached hydrogens (tertiary/aromatic N) is 1. The summed E-state index contributed by atoms with van der Waals surface area (Å²) in [6.07, 6.45) is 3.31. The number of benzene rings is 2. The summed E-state index contributed by atoms with van der Waals surface area (Å²) in [6, 6.07) is 13.5. The number of hydrogen-bond donors (Lipinski definition) is 2. The minimum Gasteiger partial charge on any atom is -0.397 e. The van der Waals surface area contributed by atoms with Gasteiger partial charge in [-0.05, 0) is 81.8 Å². The van der Waals surface area contributed by atoms with Crippen molar-refractivity contribution in [3.63, 3.8) is 0 Å². The molecule has 4 nitrogen and oxygen atoms in total. The highest BCUT2D eigenvalue weighted by Crippen LogP contribution is 2.46. The molecule has 1 amide bonds. The van der Waals surface area contributed by atoms with Crippen molar-refractivity contribution in [3.8, 4) is 0 Å². The molecule has 0 spiro atoms. The highest BCUT2D eigenvalue weighted by Gasteiger charge is 2.49. The zero-order chi connectivity index (χ0) is 20.0. The Labute approximate surface area is 168 Å². The van der Waals surface area contributed by atoms with Crippen LogP contribution in [0.3, 0.4) is 0 Å². The number of carbonyl (C=O) groups is 1. The van der Waals surface area contributed by atoms with Crippen molar-refractivity contribution in [1.29, 1.82) is 0 Å². The molecule has 2 heterocycles. The Balaban J connectivity index is 1.66. The molecule has 4 heteroatoms. The van der Waals surface area contributed by atoms with Gasteiger partial charge < -0.3 is 11.1 Å². The Hall–Kier alpha value is -2.33. The number of piperidine rings is 1. The summed E-state index contributed by atoms with van der Waals surface area (Å²) < 4.78 is 0. The lowest BCUT2D eigenvalue weighted by molar-refractivity contribution is -0.124. The topological polar surface area (TPSA) is 58.4 Å². The van der Waals surface area contributed by atoms with E-state index in [9.17, 15) is 4.79 Å². The summed E-state index contributed by atoms with van der Waals surface area (Å²) in [5.74, 6) is 0.285. The summed E-state index contributed by atoms with van der Waals surface area (Å²) >= 11 is 0. The van der Waals surface area contributed by atoms with Gasteiger partial charge in [0.1, 0.15) is 0 Å². The van der Waals surface area contributed by atoms with Gasteiger partial charge in [-0.2, -0.15) is 0 Å². The van der Waals surface area contributed by atoms with E-state index in [4.69, 9.17) is 5.73 Å². The standard InChI is InChI=1S/C24H31N3O/c1-14-5-7-17(8-6-14)19-13-18-9-10-22(27(18)4)23(19)24(28)26-21-12-16(3)15(2)11-20(21)25/h5-8,11-12,18-19,22-23H,9-10,13,25H2,1-4H3,(H,26,28)/t18-,19-,22?,23?/m1/s1. The highest BCUT2D eigenvalue weighted by atomic mass is 16.2. The summed E-state index contributed by atoms with van der Waals surface area (Å²) in [6.45, 7) is 6.20. The van der Waals surface area contributed by atoms with Gasteiger partial charge in [0.15, 0.2) is 0 Å². The fourth-order valence-electron chi connectivity index (χ4n) is 5.14. The number of amides is 1. The third-order valence-corrected chi connectivity index (χ3v) is 7.00. The van der Waals surface area contributed by atoms with Gasteiger partial charge in [0.25, 0.3) is 0 Å². The Morgan fingerprint density at radius 2 is 1.75 bits per heavy atom.